The lowest BCUT2D eigenvalue weighted by molar-refractivity contribution is 1.08. The van der Waals surface area contributed by atoms with Crippen molar-refractivity contribution in [2.24, 2.45) is 0 Å². The van der Waals surface area contributed by atoms with Crippen LogP contribution in [0.5, 0.6) is 0 Å². The van der Waals surface area contributed by atoms with E-state index in [-0.39, 0.29) is 0 Å². The summed E-state index contributed by atoms with van der Waals surface area (Å²) in [4.78, 5) is 17.4. The first-order valence-electron chi connectivity index (χ1n) is 13.6. The molecule has 2 heterocycles. The first-order chi connectivity index (χ1) is 20.3. The molecule has 0 amide bonds. The fourth-order valence-corrected chi connectivity index (χ4v) is 6.73. The molecule has 0 radical (unpaired) electrons. The van der Waals surface area contributed by atoms with Crippen LogP contribution in [0.15, 0.2) is 149 Å². The Balaban J connectivity index is 1.31. The molecule has 8 rings (SSSR count). The van der Waals surface area contributed by atoms with Crippen molar-refractivity contribution in [1.29, 1.82) is 0 Å². The van der Waals surface area contributed by atoms with Crippen LogP contribution in [-0.2, 0) is 0 Å². The zero-order valence-corrected chi connectivity index (χ0v) is 22.8. The van der Waals surface area contributed by atoms with Crippen LogP contribution in [-0.4, -0.2) is 15.0 Å². The second-order valence-corrected chi connectivity index (χ2v) is 11.1. The van der Waals surface area contributed by atoms with E-state index in [4.69, 9.17) is 15.0 Å². The van der Waals surface area contributed by atoms with Gasteiger partial charge in [0.05, 0.1) is 0 Å². The van der Waals surface area contributed by atoms with Crippen LogP contribution in [0.3, 0.4) is 0 Å². The Morgan fingerprint density at radius 1 is 0.366 bits per heavy atom. The van der Waals surface area contributed by atoms with Crippen LogP contribution >= 0.6 is 11.8 Å². The lowest BCUT2D eigenvalue weighted by atomic mass is 9.93. The van der Waals surface area contributed by atoms with E-state index in [1.807, 2.05) is 72.4 Å². The average molecular weight is 542 g/mol. The molecule has 0 unspecified atom stereocenters. The van der Waals surface area contributed by atoms with Crippen molar-refractivity contribution < 1.29 is 0 Å². The van der Waals surface area contributed by atoms with Crippen molar-refractivity contribution in [3.05, 3.63) is 140 Å². The van der Waals surface area contributed by atoms with E-state index in [1.165, 1.54) is 37.4 Å². The molecule has 0 atom stereocenters. The van der Waals surface area contributed by atoms with Crippen LogP contribution in [0.2, 0.25) is 0 Å². The number of hydrogen-bond donors (Lipinski definition) is 0. The molecule has 4 heteroatoms. The van der Waals surface area contributed by atoms with Gasteiger partial charge in [-0.2, -0.15) is 0 Å². The van der Waals surface area contributed by atoms with Gasteiger partial charge in [0.25, 0.3) is 0 Å². The van der Waals surface area contributed by atoms with Gasteiger partial charge >= 0.3 is 0 Å². The van der Waals surface area contributed by atoms with Crippen molar-refractivity contribution in [2.75, 3.05) is 0 Å². The third-order valence-electron chi connectivity index (χ3n) is 7.54. The van der Waals surface area contributed by atoms with Gasteiger partial charge in [-0.05, 0) is 45.8 Å². The lowest BCUT2D eigenvalue weighted by Gasteiger charge is -2.22. The molecule has 6 aromatic carbocycles. The third-order valence-corrected chi connectivity index (χ3v) is 8.66. The molecule has 0 saturated heterocycles. The molecule has 1 aliphatic rings. The second kappa shape index (κ2) is 9.84. The van der Waals surface area contributed by atoms with E-state index in [0.717, 1.165) is 22.1 Å². The maximum Gasteiger partial charge on any atom is 0.164 e. The highest BCUT2D eigenvalue weighted by molar-refractivity contribution is 7.99. The highest BCUT2D eigenvalue weighted by atomic mass is 32.2. The first kappa shape index (κ1) is 23.8. The monoisotopic (exact) mass is 541 g/mol. The molecule has 0 bridgehead atoms. The molecule has 0 N–H and O–H groups in total. The zero-order chi connectivity index (χ0) is 27.2. The van der Waals surface area contributed by atoms with E-state index in [1.54, 1.807) is 0 Å². The van der Waals surface area contributed by atoms with E-state index in [0.29, 0.717) is 17.5 Å². The van der Waals surface area contributed by atoms with E-state index in [9.17, 15) is 0 Å². The normalized spacial score (nSPS) is 11.8. The molecular formula is C37H23N3S. The molecule has 0 spiro atoms. The van der Waals surface area contributed by atoms with Crippen molar-refractivity contribution in [1.82, 2.24) is 15.0 Å². The summed E-state index contributed by atoms with van der Waals surface area (Å²) in [5, 5.41) is 2.40. The maximum atomic E-state index is 5.01. The second-order valence-electron chi connectivity index (χ2n) is 10.1. The summed E-state index contributed by atoms with van der Waals surface area (Å²) in [6.45, 7) is 0. The fourth-order valence-electron chi connectivity index (χ4n) is 5.57. The number of aromatic nitrogens is 3. The summed E-state index contributed by atoms with van der Waals surface area (Å²) in [7, 11) is 0. The number of nitrogens with zero attached hydrogens (tertiary/aromatic N) is 3. The topological polar surface area (TPSA) is 38.7 Å². The predicted molar refractivity (Wildman–Crippen MR) is 169 cm³/mol. The Morgan fingerprint density at radius 3 is 1.61 bits per heavy atom. The largest absolute Gasteiger partial charge is 0.208 e. The standard InChI is InChI=1S/C37H23N3S/c1-4-11-24(12-5-1)27-19-20-28-29-17-10-18-30-31(21-22-32(34(29)30)41-33(28)23-27)37-39-35(25-13-6-2-7-14-25)38-36(40-37)26-15-8-3-9-16-26/h1-23H. The molecule has 192 valence electrons. The molecule has 1 aliphatic heterocycles. The number of benzene rings is 6. The Labute approximate surface area is 242 Å². The maximum absolute atomic E-state index is 5.01. The molecular weight excluding hydrogens is 518 g/mol. The van der Waals surface area contributed by atoms with Crippen molar-refractivity contribution in [2.45, 2.75) is 9.79 Å². The van der Waals surface area contributed by atoms with Gasteiger partial charge in [0.2, 0.25) is 0 Å². The summed E-state index contributed by atoms with van der Waals surface area (Å²) >= 11 is 1.83. The van der Waals surface area contributed by atoms with Gasteiger partial charge in [0, 0.05) is 31.9 Å². The molecule has 0 aliphatic carbocycles. The van der Waals surface area contributed by atoms with E-state index >= 15 is 0 Å². The van der Waals surface area contributed by atoms with E-state index < -0.39 is 0 Å². The van der Waals surface area contributed by atoms with Crippen LogP contribution < -0.4 is 0 Å². The van der Waals surface area contributed by atoms with Gasteiger partial charge in [-0.3, -0.25) is 0 Å². The van der Waals surface area contributed by atoms with Crippen molar-refractivity contribution >= 4 is 22.5 Å². The molecule has 1 aromatic heterocycles. The first-order valence-corrected chi connectivity index (χ1v) is 14.4. The Morgan fingerprint density at radius 2 is 0.951 bits per heavy atom. The minimum absolute atomic E-state index is 0.670. The lowest BCUT2D eigenvalue weighted by Crippen LogP contribution is -2.01. The molecule has 7 aromatic rings. The van der Waals surface area contributed by atoms with Gasteiger partial charge < -0.3 is 0 Å². The number of fused-ring (bicyclic) bond motifs is 2. The van der Waals surface area contributed by atoms with Gasteiger partial charge in [-0.25, -0.2) is 15.0 Å². The van der Waals surface area contributed by atoms with Crippen molar-refractivity contribution in [3.8, 4) is 56.4 Å². The number of hydrogen-bond acceptors (Lipinski definition) is 4. The summed E-state index contributed by atoms with van der Waals surface area (Å²) in [6, 6.07) is 48.6. The van der Waals surface area contributed by atoms with Crippen molar-refractivity contribution in [3.63, 3.8) is 0 Å². The summed E-state index contributed by atoms with van der Waals surface area (Å²) in [5.41, 5.74) is 7.91. The van der Waals surface area contributed by atoms with Crippen LogP contribution in [0.25, 0.3) is 67.2 Å². The molecule has 0 fully saturated rings. The predicted octanol–water partition coefficient (Wildman–Crippen LogP) is 9.82. The third kappa shape index (κ3) is 4.21. The molecule has 3 nitrogen and oxygen atoms in total. The van der Waals surface area contributed by atoms with Crippen LogP contribution in [0, 0.1) is 0 Å². The minimum atomic E-state index is 0.670. The quantitative estimate of drug-likeness (QED) is 0.222. The smallest absolute Gasteiger partial charge is 0.164 e. The van der Waals surface area contributed by atoms with Crippen LogP contribution in [0.4, 0.5) is 0 Å². The SMILES string of the molecule is c1ccc(-c2ccc3c(c2)Sc2ccc(-c4nc(-c5ccccc5)nc(-c5ccccc5)n4)c4cccc-3c24)cc1. The van der Waals surface area contributed by atoms with Crippen LogP contribution in [0.1, 0.15) is 0 Å². The highest BCUT2D eigenvalue weighted by Crippen LogP contribution is 2.50. The fraction of sp³-hybridized carbons (Fsp3) is 0. The Hall–Kier alpha value is -5.06. The van der Waals surface area contributed by atoms with Gasteiger partial charge in [-0.1, -0.05) is 133 Å². The van der Waals surface area contributed by atoms with Gasteiger partial charge in [0.15, 0.2) is 17.5 Å². The molecule has 41 heavy (non-hydrogen) atoms. The van der Waals surface area contributed by atoms with Gasteiger partial charge in [0.1, 0.15) is 0 Å². The summed E-state index contributed by atoms with van der Waals surface area (Å²) < 4.78 is 0. The number of rotatable bonds is 4. The minimum Gasteiger partial charge on any atom is -0.208 e. The summed E-state index contributed by atoms with van der Waals surface area (Å²) in [6.07, 6.45) is 0. The summed E-state index contributed by atoms with van der Waals surface area (Å²) in [5.74, 6) is 2.02. The molecule has 0 saturated carbocycles. The Kier molecular flexibility index (Phi) is 5.71. The van der Waals surface area contributed by atoms with E-state index in [2.05, 4.69) is 78.9 Å². The highest BCUT2D eigenvalue weighted by Gasteiger charge is 2.22. The van der Waals surface area contributed by atoms with Gasteiger partial charge in [-0.15, -0.1) is 0 Å². The Bertz CT molecular complexity index is 2000. The zero-order valence-electron chi connectivity index (χ0n) is 22.0. The average Bonchev–Trinajstić information content (AvgIpc) is 3.06.